The van der Waals surface area contributed by atoms with Crippen molar-refractivity contribution in [2.24, 2.45) is 5.92 Å². The van der Waals surface area contributed by atoms with Crippen LogP contribution in [0.5, 0.6) is 0 Å². The fourth-order valence-electron chi connectivity index (χ4n) is 7.19. The van der Waals surface area contributed by atoms with Gasteiger partial charge in [0.05, 0.1) is 11.0 Å². The summed E-state index contributed by atoms with van der Waals surface area (Å²) >= 11 is 3.76. The van der Waals surface area contributed by atoms with Crippen LogP contribution in [0.25, 0.3) is 71.3 Å². The minimum absolute atomic E-state index is 0.691. The van der Waals surface area contributed by atoms with Gasteiger partial charge in [0.25, 0.3) is 0 Å². The third-order valence-corrected chi connectivity index (χ3v) is 9.74. The molecule has 42 heavy (non-hydrogen) atoms. The fraction of sp³-hybridized carbons (Fsp3) is 0.128. The van der Waals surface area contributed by atoms with Crippen LogP contribution in [0.2, 0.25) is 0 Å². The van der Waals surface area contributed by atoms with Crippen molar-refractivity contribution in [3.05, 3.63) is 125 Å². The van der Waals surface area contributed by atoms with E-state index in [4.69, 9.17) is 4.42 Å². The van der Waals surface area contributed by atoms with Crippen molar-refractivity contribution in [3.63, 3.8) is 0 Å². The maximum absolute atomic E-state index is 6.83. The smallest absolute Gasteiger partial charge is 0.160 e. The molecule has 2 nitrogen and oxygen atoms in total. The molecule has 2 atom stereocenters. The molecule has 2 heterocycles. The number of hydrogen-bond donors (Lipinski definition) is 0. The molecule has 1 saturated carbocycles. The Morgan fingerprint density at radius 3 is 2.33 bits per heavy atom. The molecule has 1 unspecified atom stereocenters. The van der Waals surface area contributed by atoms with E-state index in [2.05, 4.69) is 144 Å². The van der Waals surface area contributed by atoms with Gasteiger partial charge in [0.15, 0.2) is 5.58 Å². The summed E-state index contributed by atoms with van der Waals surface area (Å²) in [7, 11) is 0. The summed E-state index contributed by atoms with van der Waals surface area (Å²) in [5.41, 5.74) is 10.4. The first-order valence-corrected chi connectivity index (χ1v) is 15.5. The maximum atomic E-state index is 6.83. The third kappa shape index (κ3) is 3.50. The molecule has 6 aromatic carbocycles. The van der Waals surface area contributed by atoms with E-state index in [-0.39, 0.29) is 0 Å². The zero-order chi connectivity index (χ0) is 28.1. The Kier molecular flexibility index (Phi) is 5.10. The van der Waals surface area contributed by atoms with E-state index in [1.807, 2.05) is 0 Å². The molecule has 1 aliphatic carbocycles. The molecule has 0 aliphatic heterocycles. The molecule has 8 aromatic rings. The monoisotopic (exact) mass is 605 g/mol. The van der Waals surface area contributed by atoms with Gasteiger partial charge in [0, 0.05) is 37.1 Å². The van der Waals surface area contributed by atoms with Crippen LogP contribution in [0, 0.1) is 12.8 Å². The van der Waals surface area contributed by atoms with E-state index in [1.165, 1.54) is 55.7 Å². The largest absolute Gasteiger partial charge is 0.454 e. The summed E-state index contributed by atoms with van der Waals surface area (Å²) in [6.07, 6.45) is 1.29. The topological polar surface area (TPSA) is 18.1 Å². The van der Waals surface area contributed by atoms with E-state index in [9.17, 15) is 0 Å². The van der Waals surface area contributed by atoms with Gasteiger partial charge in [-0.25, -0.2) is 0 Å². The molecule has 1 aliphatic rings. The summed E-state index contributed by atoms with van der Waals surface area (Å²) in [4.78, 5) is 0. The van der Waals surface area contributed by atoms with Crippen molar-refractivity contribution in [1.29, 1.82) is 0 Å². The number of rotatable bonds is 3. The quantitative estimate of drug-likeness (QED) is 0.196. The molecule has 0 N–H and O–H groups in total. The van der Waals surface area contributed by atoms with Crippen molar-refractivity contribution < 1.29 is 4.42 Å². The minimum atomic E-state index is 0.691. The third-order valence-electron chi connectivity index (χ3n) is 9.28. The van der Waals surface area contributed by atoms with Crippen molar-refractivity contribution in [2.45, 2.75) is 26.2 Å². The normalized spacial score (nSPS) is 16.8. The van der Waals surface area contributed by atoms with E-state index in [0.717, 1.165) is 43.5 Å². The number of para-hydroxylation sites is 2. The van der Waals surface area contributed by atoms with Crippen LogP contribution in [-0.2, 0) is 0 Å². The van der Waals surface area contributed by atoms with E-state index in [0.29, 0.717) is 5.92 Å². The first-order valence-electron chi connectivity index (χ1n) is 14.7. The van der Waals surface area contributed by atoms with Crippen LogP contribution < -0.4 is 0 Å². The van der Waals surface area contributed by atoms with Gasteiger partial charge in [-0.3, -0.25) is 0 Å². The number of benzene rings is 6. The summed E-state index contributed by atoms with van der Waals surface area (Å²) in [5.74, 6) is 1.47. The number of hydrogen-bond acceptors (Lipinski definition) is 1. The van der Waals surface area contributed by atoms with Crippen LogP contribution in [0.4, 0.5) is 0 Å². The van der Waals surface area contributed by atoms with Crippen molar-refractivity contribution in [1.82, 2.24) is 4.57 Å². The molecule has 0 saturated heterocycles. The standard InChI is InChI=1S/C39H28BrNO/c1-22-16-26(20-27(40)17-22)33-21-34-30-15-13-24-19-25(32-18-23(32)2)12-14-29(24)37(30)41(28-8-4-3-5-9-28)38(34)39-36(33)31-10-6-7-11-35(31)42-39/h3-17,19-21,23,32H,18H2,1-2H3/t23?,32-/m0/s1. The predicted molar refractivity (Wildman–Crippen MR) is 180 cm³/mol. The molecule has 2 aromatic heterocycles. The Bertz CT molecular complexity index is 2360. The lowest BCUT2D eigenvalue weighted by Crippen LogP contribution is -1.95. The van der Waals surface area contributed by atoms with Crippen LogP contribution in [0.3, 0.4) is 0 Å². The molecule has 3 heteroatoms. The molecule has 0 bridgehead atoms. The maximum Gasteiger partial charge on any atom is 0.160 e. The SMILES string of the molecule is Cc1cc(Br)cc(-c2cc3c4ccc5cc([C@H]6CC6C)ccc5c4n(-c4ccccc4)c3c3oc4ccccc4c23)c1. The Labute approximate surface area is 252 Å². The fourth-order valence-corrected chi connectivity index (χ4v) is 7.80. The highest BCUT2D eigenvalue weighted by Gasteiger charge is 2.34. The van der Waals surface area contributed by atoms with Gasteiger partial charge in [0.2, 0.25) is 0 Å². The Balaban J connectivity index is 1.50. The van der Waals surface area contributed by atoms with E-state index in [1.54, 1.807) is 0 Å². The Hall–Kier alpha value is -4.34. The average molecular weight is 607 g/mol. The summed E-state index contributed by atoms with van der Waals surface area (Å²) in [6.45, 7) is 4.51. The van der Waals surface area contributed by atoms with Gasteiger partial charge in [-0.15, -0.1) is 0 Å². The second-order valence-corrected chi connectivity index (χ2v) is 13.0. The lowest BCUT2D eigenvalue weighted by Gasteiger charge is -2.12. The molecule has 202 valence electrons. The number of furan rings is 1. The molecule has 9 rings (SSSR count). The highest BCUT2D eigenvalue weighted by molar-refractivity contribution is 9.10. The zero-order valence-corrected chi connectivity index (χ0v) is 25.1. The second-order valence-electron chi connectivity index (χ2n) is 12.1. The molecule has 0 spiro atoms. The van der Waals surface area contributed by atoms with Gasteiger partial charge in [0.1, 0.15) is 5.58 Å². The number of halogens is 1. The van der Waals surface area contributed by atoms with Crippen LogP contribution in [-0.4, -0.2) is 4.57 Å². The highest BCUT2D eigenvalue weighted by Crippen LogP contribution is 2.49. The molecular weight excluding hydrogens is 578 g/mol. The number of fused-ring (bicyclic) bond motifs is 9. The van der Waals surface area contributed by atoms with E-state index < -0.39 is 0 Å². The van der Waals surface area contributed by atoms with Crippen LogP contribution >= 0.6 is 15.9 Å². The summed E-state index contributed by atoms with van der Waals surface area (Å²) in [6, 6.07) is 40.0. The highest BCUT2D eigenvalue weighted by atomic mass is 79.9. The molecule has 0 amide bonds. The van der Waals surface area contributed by atoms with Crippen molar-refractivity contribution >= 4 is 70.4 Å². The van der Waals surface area contributed by atoms with Crippen LogP contribution in [0.15, 0.2) is 118 Å². The van der Waals surface area contributed by atoms with Crippen LogP contribution in [0.1, 0.15) is 30.4 Å². The number of nitrogens with zero attached hydrogens (tertiary/aromatic N) is 1. The lowest BCUT2D eigenvalue weighted by atomic mass is 9.95. The van der Waals surface area contributed by atoms with Gasteiger partial charge in [-0.2, -0.15) is 0 Å². The lowest BCUT2D eigenvalue weighted by molar-refractivity contribution is 0.671. The Morgan fingerprint density at radius 2 is 1.52 bits per heavy atom. The van der Waals surface area contributed by atoms with Gasteiger partial charge >= 0.3 is 0 Å². The average Bonchev–Trinajstić information content (AvgIpc) is 3.46. The molecule has 1 fully saturated rings. The number of aryl methyl sites for hydroxylation is 1. The van der Waals surface area contributed by atoms with E-state index >= 15 is 0 Å². The Morgan fingerprint density at radius 1 is 0.738 bits per heavy atom. The molecular formula is C39H28BrNO. The minimum Gasteiger partial charge on any atom is -0.454 e. The van der Waals surface area contributed by atoms with Gasteiger partial charge in [-0.05, 0) is 89.2 Å². The zero-order valence-electron chi connectivity index (χ0n) is 23.5. The van der Waals surface area contributed by atoms with Crippen molar-refractivity contribution in [2.75, 3.05) is 0 Å². The molecule has 0 radical (unpaired) electrons. The predicted octanol–water partition coefficient (Wildman–Crippen LogP) is 11.7. The first-order chi connectivity index (χ1) is 20.5. The van der Waals surface area contributed by atoms with Crippen molar-refractivity contribution in [3.8, 4) is 16.8 Å². The summed E-state index contributed by atoms with van der Waals surface area (Å²) < 4.78 is 10.3. The second kappa shape index (κ2) is 8.83. The number of aromatic nitrogens is 1. The van der Waals surface area contributed by atoms with Gasteiger partial charge < -0.3 is 8.98 Å². The summed E-state index contributed by atoms with van der Waals surface area (Å²) in [5, 5.41) is 7.31. The van der Waals surface area contributed by atoms with Gasteiger partial charge in [-0.1, -0.05) is 95.7 Å². The first kappa shape index (κ1) is 24.3.